The SMILES string of the molecule is COC(C1CC1)C(N)C1CCCCCC1. The molecule has 2 rings (SSSR count). The summed E-state index contributed by atoms with van der Waals surface area (Å²) < 4.78 is 5.61. The Morgan fingerprint density at radius 3 is 2.00 bits per heavy atom. The van der Waals surface area contributed by atoms with Crippen LogP contribution in [-0.2, 0) is 4.74 Å². The van der Waals surface area contributed by atoms with E-state index < -0.39 is 0 Å². The minimum absolute atomic E-state index is 0.292. The molecule has 0 saturated heterocycles. The van der Waals surface area contributed by atoms with Gasteiger partial charge in [-0.05, 0) is 37.5 Å². The first kappa shape index (κ1) is 11.4. The average Bonchev–Trinajstić information content (AvgIpc) is 3.05. The van der Waals surface area contributed by atoms with E-state index in [1.165, 1.54) is 51.4 Å². The highest BCUT2D eigenvalue weighted by molar-refractivity contribution is 4.92. The molecule has 2 aliphatic rings. The number of rotatable bonds is 4. The van der Waals surface area contributed by atoms with E-state index in [0.29, 0.717) is 12.1 Å². The van der Waals surface area contributed by atoms with Gasteiger partial charge in [0.1, 0.15) is 0 Å². The lowest BCUT2D eigenvalue weighted by molar-refractivity contribution is 0.0421. The van der Waals surface area contributed by atoms with Crippen LogP contribution >= 0.6 is 0 Å². The first-order valence-corrected chi connectivity index (χ1v) is 6.61. The molecule has 0 aromatic heterocycles. The third kappa shape index (κ3) is 2.94. The lowest BCUT2D eigenvalue weighted by atomic mass is 9.87. The molecular weight excluding hydrogens is 186 g/mol. The van der Waals surface area contributed by atoms with Crippen molar-refractivity contribution in [2.45, 2.75) is 63.5 Å². The van der Waals surface area contributed by atoms with E-state index in [1.54, 1.807) is 0 Å². The number of hydrogen-bond acceptors (Lipinski definition) is 2. The minimum Gasteiger partial charge on any atom is -0.380 e. The van der Waals surface area contributed by atoms with Crippen molar-refractivity contribution in [2.75, 3.05) is 7.11 Å². The highest BCUT2D eigenvalue weighted by Gasteiger charge is 2.38. The van der Waals surface area contributed by atoms with Crippen molar-refractivity contribution in [3.63, 3.8) is 0 Å². The molecule has 15 heavy (non-hydrogen) atoms. The van der Waals surface area contributed by atoms with E-state index >= 15 is 0 Å². The summed E-state index contributed by atoms with van der Waals surface area (Å²) in [6.07, 6.45) is 11.2. The zero-order chi connectivity index (χ0) is 10.7. The fourth-order valence-corrected chi connectivity index (χ4v) is 3.05. The molecule has 2 heteroatoms. The Balaban J connectivity index is 1.88. The number of ether oxygens (including phenoxy) is 1. The standard InChI is InChI=1S/C13H25NO/c1-15-13(11-8-9-11)12(14)10-6-4-2-3-5-7-10/h10-13H,2-9,14H2,1H3. The lowest BCUT2D eigenvalue weighted by Crippen LogP contribution is -2.43. The van der Waals surface area contributed by atoms with Gasteiger partial charge < -0.3 is 10.5 Å². The summed E-state index contributed by atoms with van der Waals surface area (Å²) in [6.45, 7) is 0. The molecule has 0 amide bonds. The predicted molar refractivity (Wildman–Crippen MR) is 62.7 cm³/mol. The van der Waals surface area contributed by atoms with Gasteiger partial charge in [0.25, 0.3) is 0 Å². The summed E-state index contributed by atoms with van der Waals surface area (Å²) in [6, 6.07) is 0.292. The smallest absolute Gasteiger partial charge is 0.0752 e. The molecule has 0 radical (unpaired) electrons. The van der Waals surface area contributed by atoms with Crippen molar-refractivity contribution >= 4 is 0 Å². The number of methoxy groups -OCH3 is 1. The molecule has 2 atom stereocenters. The van der Waals surface area contributed by atoms with Gasteiger partial charge in [0.2, 0.25) is 0 Å². The first-order valence-electron chi connectivity index (χ1n) is 6.61. The van der Waals surface area contributed by atoms with Crippen LogP contribution < -0.4 is 5.73 Å². The third-order valence-corrected chi connectivity index (χ3v) is 4.18. The normalized spacial score (nSPS) is 28.4. The summed E-state index contributed by atoms with van der Waals surface area (Å²) >= 11 is 0. The molecule has 2 fully saturated rings. The van der Waals surface area contributed by atoms with Crippen molar-refractivity contribution in [1.29, 1.82) is 0 Å². The van der Waals surface area contributed by atoms with Gasteiger partial charge in [0, 0.05) is 13.2 Å². The van der Waals surface area contributed by atoms with Gasteiger partial charge in [-0.3, -0.25) is 0 Å². The van der Waals surface area contributed by atoms with Gasteiger partial charge in [-0.15, -0.1) is 0 Å². The summed E-state index contributed by atoms with van der Waals surface area (Å²) in [5.41, 5.74) is 6.39. The van der Waals surface area contributed by atoms with Crippen LogP contribution in [0, 0.1) is 11.8 Å². The fourth-order valence-electron chi connectivity index (χ4n) is 3.05. The van der Waals surface area contributed by atoms with Crippen molar-refractivity contribution in [1.82, 2.24) is 0 Å². The molecule has 0 aliphatic heterocycles. The van der Waals surface area contributed by atoms with Gasteiger partial charge in [0.05, 0.1) is 6.10 Å². The molecule has 2 N–H and O–H groups in total. The molecule has 2 aliphatic carbocycles. The molecule has 0 aromatic carbocycles. The van der Waals surface area contributed by atoms with E-state index in [0.717, 1.165) is 11.8 Å². The maximum absolute atomic E-state index is 6.39. The maximum atomic E-state index is 6.39. The lowest BCUT2D eigenvalue weighted by Gasteiger charge is -2.29. The van der Waals surface area contributed by atoms with Crippen LogP contribution in [0.4, 0.5) is 0 Å². The zero-order valence-electron chi connectivity index (χ0n) is 9.95. The van der Waals surface area contributed by atoms with Gasteiger partial charge >= 0.3 is 0 Å². The summed E-state index contributed by atoms with van der Waals surface area (Å²) in [7, 11) is 1.83. The minimum atomic E-state index is 0.292. The number of hydrogen-bond donors (Lipinski definition) is 1. The van der Waals surface area contributed by atoms with Crippen LogP contribution in [0.15, 0.2) is 0 Å². The Hall–Kier alpha value is -0.0800. The van der Waals surface area contributed by atoms with Gasteiger partial charge in [-0.2, -0.15) is 0 Å². The van der Waals surface area contributed by atoms with Crippen LogP contribution in [0.5, 0.6) is 0 Å². The largest absolute Gasteiger partial charge is 0.380 e. The molecule has 0 spiro atoms. The number of nitrogens with two attached hydrogens (primary N) is 1. The third-order valence-electron chi connectivity index (χ3n) is 4.18. The Morgan fingerprint density at radius 2 is 1.53 bits per heavy atom. The second-order valence-electron chi connectivity index (χ2n) is 5.37. The summed E-state index contributed by atoms with van der Waals surface area (Å²) in [5.74, 6) is 1.49. The highest BCUT2D eigenvalue weighted by atomic mass is 16.5. The van der Waals surface area contributed by atoms with Gasteiger partial charge in [0.15, 0.2) is 0 Å². The average molecular weight is 211 g/mol. The summed E-state index contributed by atoms with van der Waals surface area (Å²) in [5, 5.41) is 0. The van der Waals surface area contributed by atoms with Crippen LogP contribution in [0.1, 0.15) is 51.4 Å². The van der Waals surface area contributed by atoms with E-state index in [2.05, 4.69) is 0 Å². The van der Waals surface area contributed by atoms with Crippen molar-refractivity contribution in [2.24, 2.45) is 17.6 Å². The van der Waals surface area contributed by atoms with Crippen molar-refractivity contribution in [3.8, 4) is 0 Å². The topological polar surface area (TPSA) is 35.2 Å². The van der Waals surface area contributed by atoms with E-state index in [1.807, 2.05) is 7.11 Å². The highest BCUT2D eigenvalue weighted by Crippen LogP contribution is 2.38. The molecule has 2 unspecified atom stereocenters. The molecule has 0 heterocycles. The second-order valence-corrected chi connectivity index (χ2v) is 5.37. The van der Waals surface area contributed by atoms with E-state index in [4.69, 9.17) is 10.5 Å². The molecular formula is C13H25NO. The van der Waals surface area contributed by atoms with Gasteiger partial charge in [-0.1, -0.05) is 25.7 Å². The van der Waals surface area contributed by atoms with Gasteiger partial charge in [-0.25, -0.2) is 0 Å². The Kier molecular flexibility index (Phi) is 4.04. The Labute approximate surface area is 93.6 Å². The van der Waals surface area contributed by atoms with Crippen LogP contribution in [0.3, 0.4) is 0 Å². The zero-order valence-corrected chi connectivity index (χ0v) is 9.95. The molecule has 0 aromatic rings. The summed E-state index contributed by atoms with van der Waals surface area (Å²) in [4.78, 5) is 0. The fraction of sp³-hybridized carbons (Fsp3) is 1.00. The van der Waals surface area contributed by atoms with E-state index in [-0.39, 0.29) is 0 Å². The molecule has 2 nitrogen and oxygen atoms in total. The molecule has 2 saturated carbocycles. The van der Waals surface area contributed by atoms with Crippen LogP contribution in [0.2, 0.25) is 0 Å². The predicted octanol–water partition coefficient (Wildman–Crippen LogP) is 2.71. The second kappa shape index (κ2) is 5.31. The monoisotopic (exact) mass is 211 g/mol. The molecule has 88 valence electrons. The maximum Gasteiger partial charge on any atom is 0.0752 e. The molecule has 0 bridgehead atoms. The van der Waals surface area contributed by atoms with E-state index in [9.17, 15) is 0 Å². The Bertz CT molecular complexity index is 183. The van der Waals surface area contributed by atoms with Crippen molar-refractivity contribution in [3.05, 3.63) is 0 Å². The van der Waals surface area contributed by atoms with Crippen molar-refractivity contribution < 1.29 is 4.74 Å². The first-order chi connectivity index (χ1) is 7.33. The Morgan fingerprint density at radius 1 is 0.933 bits per heavy atom. The van der Waals surface area contributed by atoms with Crippen LogP contribution in [0.25, 0.3) is 0 Å². The van der Waals surface area contributed by atoms with Crippen LogP contribution in [-0.4, -0.2) is 19.3 Å². The quantitative estimate of drug-likeness (QED) is 0.726.